The molecule has 0 atom stereocenters. The third-order valence-electron chi connectivity index (χ3n) is 5.36. The third kappa shape index (κ3) is 4.76. The SMILES string of the molecule is CCn1c(=O)[nH]c(=O)c2c(C(=O)NCCOc3ccc(C(F)(F)F)cc3)cc(C3CC3)nc21. The van der Waals surface area contributed by atoms with Crippen molar-refractivity contribution in [3.63, 3.8) is 0 Å². The summed E-state index contributed by atoms with van der Waals surface area (Å²) in [7, 11) is 0. The van der Waals surface area contributed by atoms with Crippen molar-refractivity contribution < 1.29 is 22.7 Å². The highest BCUT2D eigenvalue weighted by atomic mass is 19.4. The minimum Gasteiger partial charge on any atom is -0.492 e. The molecule has 0 saturated heterocycles. The van der Waals surface area contributed by atoms with Crippen molar-refractivity contribution in [3.8, 4) is 5.75 Å². The van der Waals surface area contributed by atoms with E-state index in [4.69, 9.17) is 4.74 Å². The molecular formula is C22H21F3N4O4. The molecule has 1 aliphatic carbocycles. The second-order valence-electron chi connectivity index (χ2n) is 7.70. The average molecular weight is 462 g/mol. The first-order valence-corrected chi connectivity index (χ1v) is 10.4. The molecule has 1 fully saturated rings. The molecule has 0 bridgehead atoms. The van der Waals surface area contributed by atoms with Crippen LogP contribution in [0.15, 0.2) is 39.9 Å². The van der Waals surface area contributed by atoms with Crippen LogP contribution in [0, 0.1) is 0 Å². The van der Waals surface area contributed by atoms with Crippen molar-refractivity contribution in [2.75, 3.05) is 13.2 Å². The number of fused-ring (bicyclic) bond motifs is 1. The highest BCUT2D eigenvalue weighted by molar-refractivity contribution is 6.05. The summed E-state index contributed by atoms with van der Waals surface area (Å²) in [6.07, 6.45) is -2.60. The molecule has 8 nitrogen and oxygen atoms in total. The Labute approximate surface area is 185 Å². The molecule has 0 aliphatic heterocycles. The summed E-state index contributed by atoms with van der Waals surface area (Å²) in [5.41, 5.74) is -1.13. The van der Waals surface area contributed by atoms with Gasteiger partial charge in [-0.1, -0.05) is 0 Å². The number of benzene rings is 1. The monoisotopic (exact) mass is 462 g/mol. The fourth-order valence-electron chi connectivity index (χ4n) is 3.52. The van der Waals surface area contributed by atoms with Crippen LogP contribution in [0.2, 0.25) is 0 Å². The van der Waals surface area contributed by atoms with Crippen molar-refractivity contribution in [1.82, 2.24) is 19.9 Å². The van der Waals surface area contributed by atoms with Gasteiger partial charge in [0.25, 0.3) is 11.5 Å². The van der Waals surface area contributed by atoms with Crippen LogP contribution in [0.1, 0.15) is 47.3 Å². The Bertz CT molecular complexity index is 1310. The Morgan fingerprint density at radius 3 is 2.55 bits per heavy atom. The Morgan fingerprint density at radius 2 is 1.94 bits per heavy atom. The van der Waals surface area contributed by atoms with Crippen LogP contribution < -0.4 is 21.3 Å². The first-order chi connectivity index (χ1) is 15.7. The molecule has 1 saturated carbocycles. The van der Waals surface area contributed by atoms with Gasteiger partial charge in [-0.05, 0) is 50.1 Å². The topological polar surface area (TPSA) is 106 Å². The van der Waals surface area contributed by atoms with Gasteiger partial charge in [0.05, 0.1) is 23.1 Å². The number of nitrogens with zero attached hydrogens (tertiary/aromatic N) is 2. The van der Waals surface area contributed by atoms with E-state index in [1.165, 1.54) is 16.7 Å². The molecule has 0 spiro atoms. The standard InChI is InChI=1S/C22H21F3N4O4/c1-2-29-18-17(20(31)28-21(29)32)15(11-16(27-18)12-3-4-12)19(30)26-9-10-33-14-7-5-13(6-8-14)22(23,24)25/h5-8,11-12H,2-4,9-10H2,1H3,(H,26,30)(H,28,31,32). The fourth-order valence-corrected chi connectivity index (χ4v) is 3.52. The molecule has 11 heteroatoms. The molecule has 174 valence electrons. The quantitative estimate of drug-likeness (QED) is 0.526. The van der Waals surface area contributed by atoms with Gasteiger partial charge in [0.15, 0.2) is 5.65 Å². The van der Waals surface area contributed by atoms with Crippen molar-refractivity contribution in [1.29, 1.82) is 0 Å². The van der Waals surface area contributed by atoms with Gasteiger partial charge in [0.1, 0.15) is 12.4 Å². The van der Waals surface area contributed by atoms with E-state index in [-0.39, 0.29) is 48.0 Å². The number of hydrogen-bond donors (Lipinski definition) is 2. The number of nitrogens with one attached hydrogen (secondary N) is 2. The number of aromatic nitrogens is 3. The van der Waals surface area contributed by atoms with E-state index in [0.717, 1.165) is 25.0 Å². The molecule has 3 aromatic rings. The van der Waals surface area contributed by atoms with Crippen LogP contribution in [-0.2, 0) is 12.7 Å². The van der Waals surface area contributed by atoms with Gasteiger partial charge in [-0.15, -0.1) is 0 Å². The highest BCUT2D eigenvalue weighted by Gasteiger charge is 2.30. The fraction of sp³-hybridized carbons (Fsp3) is 0.364. The zero-order chi connectivity index (χ0) is 23.8. The minimum absolute atomic E-state index is 0.00558. The van der Waals surface area contributed by atoms with Gasteiger partial charge >= 0.3 is 11.9 Å². The number of ether oxygens (including phenoxy) is 1. The van der Waals surface area contributed by atoms with Crippen LogP contribution in [-0.4, -0.2) is 33.6 Å². The summed E-state index contributed by atoms with van der Waals surface area (Å²) >= 11 is 0. The van der Waals surface area contributed by atoms with Crippen LogP contribution in [0.3, 0.4) is 0 Å². The molecule has 2 heterocycles. The molecule has 0 unspecified atom stereocenters. The van der Waals surface area contributed by atoms with Crippen molar-refractivity contribution in [2.45, 2.75) is 38.4 Å². The van der Waals surface area contributed by atoms with Gasteiger partial charge in [-0.3, -0.25) is 19.1 Å². The average Bonchev–Trinajstić information content (AvgIpc) is 3.61. The van der Waals surface area contributed by atoms with E-state index in [0.29, 0.717) is 5.69 Å². The maximum Gasteiger partial charge on any atom is 0.416 e. The first-order valence-electron chi connectivity index (χ1n) is 10.4. The van der Waals surface area contributed by atoms with Crippen LogP contribution in [0.25, 0.3) is 11.0 Å². The lowest BCUT2D eigenvalue weighted by atomic mass is 10.1. The van der Waals surface area contributed by atoms with Crippen LogP contribution in [0.5, 0.6) is 5.75 Å². The van der Waals surface area contributed by atoms with Crippen LogP contribution in [0.4, 0.5) is 13.2 Å². The highest BCUT2D eigenvalue weighted by Crippen LogP contribution is 2.39. The van der Waals surface area contributed by atoms with Gasteiger partial charge < -0.3 is 10.1 Å². The Hall–Kier alpha value is -3.63. The zero-order valence-electron chi connectivity index (χ0n) is 17.7. The van der Waals surface area contributed by atoms with E-state index < -0.39 is 28.9 Å². The van der Waals surface area contributed by atoms with E-state index in [9.17, 15) is 27.6 Å². The van der Waals surface area contributed by atoms with Crippen molar-refractivity contribution in [2.24, 2.45) is 0 Å². The summed E-state index contributed by atoms with van der Waals surface area (Å²) < 4.78 is 44.6. The lowest BCUT2D eigenvalue weighted by molar-refractivity contribution is -0.137. The molecule has 2 N–H and O–H groups in total. The second-order valence-corrected chi connectivity index (χ2v) is 7.70. The zero-order valence-corrected chi connectivity index (χ0v) is 17.7. The Kier molecular flexibility index (Phi) is 5.96. The van der Waals surface area contributed by atoms with Gasteiger partial charge in [0.2, 0.25) is 0 Å². The molecular weight excluding hydrogens is 441 g/mol. The predicted molar refractivity (Wildman–Crippen MR) is 114 cm³/mol. The first kappa shape index (κ1) is 22.6. The molecule has 1 aromatic carbocycles. The number of carbonyl (C=O) groups is 1. The lowest BCUT2D eigenvalue weighted by Gasteiger charge is -2.13. The Balaban J connectivity index is 1.51. The van der Waals surface area contributed by atoms with E-state index >= 15 is 0 Å². The summed E-state index contributed by atoms with van der Waals surface area (Å²) in [5, 5.41) is 2.68. The number of halogens is 3. The second kappa shape index (κ2) is 8.72. The Morgan fingerprint density at radius 1 is 1.24 bits per heavy atom. The molecule has 1 amide bonds. The number of rotatable bonds is 7. The third-order valence-corrected chi connectivity index (χ3v) is 5.36. The molecule has 0 radical (unpaired) electrons. The number of hydrogen-bond acceptors (Lipinski definition) is 5. The smallest absolute Gasteiger partial charge is 0.416 e. The number of aryl methyl sites for hydroxylation is 1. The van der Waals surface area contributed by atoms with E-state index in [2.05, 4.69) is 15.3 Å². The summed E-state index contributed by atoms with van der Waals surface area (Å²) in [6.45, 7) is 2.07. The largest absolute Gasteiger partial charge is 0.492 e. The van der Waals surface area contributed by atoms with Crippen molar-refractivity contribution in [3.05, 3.63) is 68.0 Å². The maximum absolute atomic E-state index is 12.9. The summed E-state index contributed by atoms with van der Waals surface area (Å²) in [6, 6.07) is 5.80. The van der Waals surface area contributed by atoms with Gasteiger partial charge in [0, 0.05) is 18.2 Å². The molecule has 4 rings (SSSR count). The van der Waals surface area contributed by atoms with Gasteiger partial charge in [-0.2, -0.15) is 13.2 Å². The summed E-state index contributed by atoms with van der Waals surface area (Å²) in [5.74, 6) is -0.123. The number of aromatic amines is 1. The number of amides is 1. The van der Waals surface area contributed by atoms with E-state index in [1.807, 2.05) is 0 Å². The molecule has 1 aliphatic rings. The lowest BCUT2D eigenvalue weighted by Crippen LogP contribution is -2.34. The minimum atomic E-state index is -4.43. The number of H-pyrrole nitrogens is 1. The van der Waals surface area contributed by atoms with E-state index in [1.54, 1.807) is 13.0 Å². The number of carbonyl (C=O) groups excluding carboxylic acids is 1. The molecule has 33 heavy (non-hydrogen) atoms. The normalized spacial score (nSPS) is 13.8. The summed E-state index contributed by atoms with van der Waals surface area (Å²) in [4.78, 5) is 44.3. The van der Waals surface area contributed by atoms with Crippen LogP contribution >= 0.6 is 0 Å². The molecule has 2 aromatic heterocycles. The van der Waals surface area contributed by atoms with Gasteiger partial charge in [-0.25, -0.2) is 9.78 Å². The van der Waals surface area contributed by atoms with Crippen molar-refractivity contribution >= 4 is 16.9 Å². The number of alkyl halides is 3. The predicted octanol–water partition coefficient (Wildman–Crippen LogP) is 2.81. The maximum atomic E-state index is 12.9. The number of pyridine rings is 1.